The minimum Gasteiger partial charge on any atom is -0.487 e. The Labute approximate surface area is 228 Å². The number of hydrogen-bond donors (Lipinski definition) is 0. The van der Waals surface area contributed by atoms with Crippen molar-refractivity contribution in [3.8, 4) is 5.75 Å². The van der Waals surface area contributed by atoms with Gasteiger partial charge in [-0.15, -0.1) is 0 Å². The molecule has 0 aliphatic rings. The second-order valence-electron chi connectivity index (χ2n) is 9.83. The maximum absolute atomic E-state index is 13.3. The Bertz CT molecular complexity index is 1720. The lowest BCUT2D eigenvalue weighted by molar-refractivity contribution is 0.308. The first-order chi connectivity index (χ1) is 17.7. The number of rotatable bonds is 5. The van der Waals surface area contributed by atoms with Crippen molar-refractivity contribution in [2.75, 3.05) is 0 Å². The summed E-state index contributed by atoms with van der Waals surface area (Å²) in [4.78, 5) is 18.1. The van der Waals surface area contributed by atoms with Crippen molar-refractivity contribution in [1.82, 2.24) is 9.66 Å². The molecule has 0 unspecified atom stereocenters. The van der Waals surface area contributed by atoms with Crippen LogP contribution in [-0.2, 0) is 12.0 Å². The third-order valence-corrected chi connectivity index (χ3v) is 6.81. The van der Waals surface area contributed by atoms with Gasteiger partial charge in [0.25, 0.3) is 5.56 Å². The zero-order valence-corrected chi connectivity index (χ0v) is 23.0. The molecule has 0 radical (unpaired) electrons. The Hall–Kier alpha value is -3.48. The molecule has 37 heavy (non-hydrogen) atoms. The van der Waals surface area contributed by atoms with E-state index in [1.165, 1.54) is 10.1 Å². The summed E-state index contributed by atoms with van der Waals surface area (Å²) < 4.78 is 8.22. The molecule has 0 atom stereocenters. The van der Waals surface area contributed by atoms with E-state index in [-0.39, 0.29) is 5.56 Å². The maximum atomic E-state index is 13.3. The van der Waals surface area contributed by atoms with E-state index in [1.807, 2.05) is 63.2 Å². The van der Waals surface area contributed by atoms with E-state index in [2.05, 4.69) is 45.3 Å². The molecule has 0 fully saturated rings. The molecule has 186 valence electrons. The van der Waals surface area contributed by atoms with Crippen molar-refractivity contribution in [2.24, 2.45) is 5.10 Å². The van der Waals surface area contributed by atoms with Gasteiger partial charge in [0.1, 0.15) is 18.2 Å². The number of benzene rings is 4. The Kier molecular flexibility index (Phi) is 6.88. The number of aromatic nitrogens is 2. The Morgan fingerprint density at radius 3 is 2.57 bits per heavy atom. The fourth-order valence-corrected chi connectivity index (χ4v) is 4.76. The standard InChI is InChI=1S/C30H25BrClN3O2/c1-30(2,3)29-34-26-13-12-22(31)16-24(26)28(36)35(29)33-17-19-11-14-27(25(32)15-19)37-18-21-9-6-8-20-7-4-5-10-23(20)21/h4-17H,18H2,1-3H3. The lowest BCUT2D eigenvalue weighted by Crippen LogP contribution is -2.29. The molecule has 0 N–H and O–H groups in total. The molecule has 5 aromatic rings. The topological polar surface area (TPSA) is 56.5 Å². The summed E-state index contributed by atoms with van der Waals surface area (Å²) in [6.07, 6.45) is 1.61. The molecule has 0 saturated carbocycles. The molecule has 4 aromatic carbocycles. The van der Waals surface area contributed by atoms with Gasteiger partial charge < -0.3 is 4.74 Å². The predicted molar refractivity (Wildman–Crippen MR) is 155 cm³/mol. The van der Waals surface area contributed by atoms with Crippen molar-refractivity contribution in [3.63, 3.8) is 0 Å². The quantitative estimate of drug-likeness (QED) is 0.202. The molecule has 0 spiro atoms. The van der Waals surface area contributed by atoms with E-state index in [0.29, 0.717) is 34.1 Å². The third-order valence-electron chi connectivity index (χ3n) is 6.02. The van der Waals surface area contributed by atoms with Gasteiger partial charge in [0, 0.05) is 9.89 Å². The summed E-state index contributed by atoms with van der Waals surface area (Å²) in [6, 6.07) is 25.3. The van der Waals surface area contributed by atoms with Crippen LogP contribution in [0.15, 0.2) is 93.2 Å². The van der Waals surface area contributed by atoms with Gasteiger partial charge in [0.2, 0.25) is 0 Å². The summed E-state index contributed by atoms with van der Waals surface area (Å²) in [7, 11) is 0. The minimum absolute atomic E-state index is 0.228. The maximum Gasteiger partial charge on any atom is 0.282 e. The van der Waals surface area contributed by atoms with Gasteiger partial charge in [-0.1, -0.05) is 90.8 Å². The molecule has 5 nitrogen and oxygen atoms in total. The molecular formula is C30H25BrClN3O2. The van der Waals surface area contributed by atoms with E-state index in [0.717, 1.165) is 21.0 Å². The van der Waals surface area contributed by atoms with Crippen molar-refractivity contribution in [1.29, 1.82) is 0 Å². The van der Waals surface area contributed by atoms with E-state index >= 15 is 0 Å². The monoisotopic (exact) mass is 573 g/mol. The van der Waals surface area contributed by atoms with Gasteiger partial charge in [0.05, 0.1) is 22.1 Å². The van der Waals surface area contributed by atoms with E-state index < -0.39 is 5.41 Å². The van der Waals surface area contributed by atoms with Crippen LogP contribution in [0.3, 0.4) is 0 Å². The highest BCUT2D eigenvalue weighted by molar-refractivity contribution is 9.10. The lowest BCUT2D eigenvalue weighted by Gasteiger charge is -2.20. The molecule has 0 aliphatic heterocycles. The zero-order valence-electron chi connectivity index (χ0n) is 20.7. The van der Waals surface area contributed by atoms with Gasteiger partial charge in [-0.2, -0.15) is 9.78 Å². The van der Waals surface area contributed by atoms with Crippen LogP contribution in [-0.4, -0.2) is 15.9 Å². The first kappa shape index (κ1) is 25.2. The highest BCUT2D eigenvalue weighted by atomic mass is 79.9. The van der Waals surface area contributed by atoms with Gasteiger partial charge >= 0.3 is 0 Å². The van der Waals surface area contributed by atoms with Crippen LogP contribution in [0, 0.1) is 0 Å². The largest absolute Gasteiger partial charge is 0.487 e. The van der Waals surface area contributed by atoms with Crippen LogP contribution in [0.1, 0.15) is 37.7 Å². The molecule has 0 bridgehead atoms. The van der Waals surface area contributed by atoms with Crippen molar-refractivity contribution in [2.45, 2.75) is 32.8 Å². The van der Waals surface area contributed by atoms with Crippen LogP contribution in [0.4, 0.5) is 0 Å². The van der Waals surface area contributed by atoms with Crippen molar-refractivity contribution >= 4 is 55.4 Å². The van der Waals surface area contributed by atoms with Gasteiger partial charge in [-0.3, -0.25) is 4.79 Å². The Balaban J connectivity index is 1.43. The third kappa shape index (κ3) is 5.31. The first-order valence-corrected chi connectivity index (χ1v) is 13.0. The smallest absolute Gasteiger partial charge is 0.282 e. The second-order valence-corrected chi connectivity index (χ2v) is 11.1. The van der Waals surface area contributed by atoms with E-state index in [4.69, 9.17) is 21.3 Å². The average Bonchev–Trinajstić information content (AvgIpc) is 2.87. The van der Waals surface area contributed by atoms with Crippen molar-refractivity contribution in [3.05, 3.63) is 116 Å². The number of ether oxygens (including phenoxy) is 1. The van der Waals surface area contributed by atoms with Crippen molar-refractivity contribution < 1.29 is 4.74 Å². The van der Waals surface area contributed by atoms with Crippen LogP contribution < -0.4 is 10.3 Å². The predicted octanol–water partition coefficient (Wildman–Crippen LogP) is 7.72. The normalized spacial score (nSPS) is 12.0. The van der Waals surface area contributed by atoms with Crippen LogP contribution in [0.2, 0.25) is 5.02 Å². The average molecular weight is 575 g/mol. The minimum atomic E-state index is -0.394. The highest BCUT2D eigenvalue weighted by Gasteiger charge is 2.23. The summed E-state index contributed by atoms with van der Waals surface area (Å²) >= 11 is 9.99. The van der Waals surface area contributed by atoms with E-state index in [9.17, 15) is 4.79 Å². The molecule has 1 aromatic heterocycles. The SMILES string of the molecule is CC(C)(C)c1nc2ccc(Br)cc2c(=O)n1N=Cc1ccc(OCc2cccc3ccccc23)c(Cl)c1. The summed E-state index contributed by atoms with van der Waals surface area (Å²) in [5.74, 6) is 1.15. The number of hydrogen-bond acceptors (Lipinski definition) is 4. The summed E-state index contributed by atoms with van der Waals surface area (Å²) in [6.45, 7) is 6.41. The van der Waals surface area contributed by atoms with Crippen LogP contribution in [0.5, 0.6) is 5.75 Å². The molecule has 0 amide bonds. The first-order valence-electron chi connectivity index (χ1n) is 11.9. The molecule has 0 saturated heterocycles. The second kappa shape index (κ2) is 10.1. The fraction of sp³-hybridized carbons (Fsp3) is 0.167. The van der Waals surface area contributed by atoms with E-state index in [1.54, 1.807) is 18.3 Å². The number of nitrogens with zero attached hydrogens (tertiary/aromatic N) is 3. The highest BCUT2D eigenvalue weighted by Crippen LogP contribution is 2.28. The van der Waals surface area contributed by atoms with Gasteiger partial charge in [0.15, 0.2) is 0 Å². The fourth-order valence-electron chi connectivity index (χ4n) is 4.15. The lowest BCUT2D eigenvalue weighted by atomic mass is 9.95. The molecule has 5 rings (SSSR count). The number of halogens is 2. The molecule has 7 heteroatoms. The molecule has 1 heterocycles. The van der Waals surface area contributed by atoms with Gasteiger partial charge in [-0.05, 0) is 58.3 Å². The summed E-state index contributed by atoms with van der Waals surface area (Å²) in [5.41, 5.74) is 1.84. The zero-order chi connectivity index (χ0) is 26.2. The summed E-state index contributed by atoms with van der Waals surface area (Å²) in [5, 5.41) is 7.81. The molecule has 0 aliphatic carbocycles. The van der Waals surface area contributed by atoms with Crippen LogP contribution in [0.25, 0.3) is 21.7 Å². The Morgan fingerprint density at radius 2 is 1.78 bits per heavy atom. The Morgan fingerprint density at radius 1 is 1.00 bits per heavy atom. The number of fused-ring (bicyclic) bond motifs is 2. The van der Waals surface area contributed by atoms with Crippen LogP contribution >= 0.6 is 27.5 Å². The van der Waals surface area contributed by atoms with Gasteiger partial charge in [-0.25, -0.2) is 4.98 Å². The molecular weight excluding hydrogens is 550 g/mol.